The zero-order valence-corrected chi connectivity index (χ0v) is 15.0. The molecule has 28 heavy (non-hydrogen) atoms. The number of esters is 1. The summed E-state index contributed by atoms with van der Waals surface area (Å²) in [7, 11) is 1.29. The van der Waals surface area contributed by atoms with Gasteiger partial charge in [-0.25, -0.2) is 0 Å². The molecule has 1 atom stereocenters. The maximum atomic E-state index is 13.5. The lowest BCUT2D eigenvalue weighted by atomic mass is 9.98. The van der Waals surface area contributed by atoms with Crippen LogP contribution in [0.2, 0.25) is 0 Å². The van der Waals surface area contributed by atoms with Crippen molar-refractivity contribution in [1.82, 2.24) is 19.8 Å². The highest BCUT2D eigenvalue weighted by molar-refractivity contribution is 5.69. The normalized spacial score (nSPS) is 12.7. The van der Waals surface area contributed by atoms with Crippen molar-refractivity contribution in [1.29, 1.82) is 0 Å². The molecule has 0 bridgehead atoms. The van der Waals surface area contributed by atoms with Crippen LogP contribution in [0.3, 0.4) is 0 Å². The number of anilines is 1. The Morgan fingerprint density at radius 3 is 2.61 bits per heavy atom. The summed E-state index contributed by atoms with van der Waals surface area (Å²) >= 11 is 0. The Morgan fingerprint density at radius 2 is 1.93 bits per heavy atom. The molecule has 0 radical (unpaired) electrons. The number of nitrogens with zero attached hydrogens (tertiary/aromatic N) is 4. The van der Waals surface area contributed by atoms with Crippen LogP contribution < -0.4 is 5.32 Å². The van der Waals surface area contributed by atoms with Gasteiger partial charge in [-0.2, -0.15) is 17.7 Å². The van der Waals surface area contributed by atoms with Gasteiger partial charge in [-0.3, -0.25) is 4.79 Å². The van der Waals surface area contributed by atoms with E-state index in [-0.39, 0.29) is 30.8 Å². The van der Waals surface area contributed by atoms with Gasteiger partial charge < -0.3 is 10.1 Å². The summed E-state index contributed by atoms with van der Waals surface area (Å²) in [6.07, 6.45) is -4.05. The number of aromatic nitrogens is 4. The lowest BCUT2D eigenvalue weighted by Crippen LogP contribution is -2.28. The molecular weight excluding hydrogens is 375 g/mol. The first-order valence-corrected chi connectivity index (χ1v) is 8.52. The Hall–Kier alpha value is -3.17. The lowest BCUT2D eigenvalue weighted by Gasteiger charge is -2.21. The fourth-order valence-electron chi connectivity index (χ4n) is 2.71. The minimum Gasteiger partial charge on any atom is -0.469 e. The van der Waals surface area contributed by atoms with Gasteiger partial charge in [-0.15, -0.1) is 15.3 Å². The summed E-state index contributed by atoms with van der Waals surface area (Å²) < 4.78 is 46.4. The molecule has 0 spiro atoms. The van der Waals surface area contributed by atoms with E-state index in [1.807, 2.05) is 0 Å². The minimum absolute atomic E-state index is 0.0980. The van der Waals surface area contributed by atoms with E-state index in [2.05, 4.69) is 25.3 Å². The predicted octanol–water partition coefficient (Wildman–Crippen LogP) is 2.99. The largest absolute Gasteiger partial charge is 0.469 e. The van der Waals surface area contributed by atoms with Gasteiger partial charge in [0.1, 0.15) is 5.82 Å². The molecule has 2 aromatic heterocycles. The molecule has 0 amide bonds. The van der Waals surface area contributed by atoms with Gasteiger partial charge in [0, 0.05) is 13.0 Å². The molecule has 0 aliphatic carbocycles. The van der Waals surface area contributed by atoms with Gasteiger partial charge in [-0.05, 0) is 17.7 Å². The zero-order chi connectivity index (χ0) is 20.1. The van der Waals surface area contributed by atoms with Crippen molar-refractivity contribution < 1.29 is 22.7 Å². The highest BCUT2D eigenvalue weighted by Crippen LogP contribution is 2.34. The van der Waals surface area contributed by atoms with Gasteiger partial charge in [0.05, 0.1) is 19.4 Å². The van der Waals surface area contributed by atoms with Crippen molar-refractivity contribution in [3.8, 4) is 0 Å². The standard InChI is InChI=1S/C18H18F3N5O2/c1-28-17(27)10-9-16-24-23-15-8-7-14(25-26(15)16)22-11-13(18(19,20)21)12-5-3-2-4-6-12/h2-8,13H,9-11H2,1H3,(H,22,25). The third-order valence-electron chi connectivity index (χ3n) is 4.19. The molecule has 148 valence electrons. The Bertz CT molecular complexity index is 943. The molecule has 7 nitrogen and oxygen atoms in total. The Morgan fingerprint density at radius 1 is 1.18 bits per heavy atom. The lowest BCUT2D eigenvalue weighted by molar-refractivity contribution is -0.147. The monoisotopic (exact) mass is 393 g/mol. The van der Waals surface area contributed by atoms with Crippen molar-refractivity contribution in [2.24, 2.45) is 0 Å². The van der Waals surface area contributed by atoms with Crippen LogP contribution in [-0.2, 0) is 16.0 Å². The molecular formula is C18H18F3N5O2. The number of halogens is 3. The smallest absolute Gasteiger partial charge is 0.397 e. The first-order chi connectivity index (χ1) is 13.4. The van der Waals surface area contributed by atoms with E-state index in [4.69, 9.17) is 0 Å². The van der Waals surface area contributed by atoms with Crippen LogP contribution in [0.25, 0.3) is 5.65 Å². The molecule has 1 aromatic carbocycles. The summed E-state index contributed by atoms with van der Waals surface area (Å²) in [4.78, 5) is 11.3. The fourth-order valence-corrected chi connectivity index (χ4v) is 2.71. The zero-order valence-electron chi connectivity index (χ0n) is 15.0. The van der Waals surface area contributed by atoms with Crippen LogP contribution in [0.1, 0.15) is 23.7 Å². The maximum absolute atomic E-state index is 13.5. The highest BCUT2D eigenvalue weighted by Gasteiger charge is 2.40. The van der Waals surface area contributed by atoms with Crippen LogP contribution in [0.4, 0.5) is 19.0 Å². The number of carbonyl (C=O) groups excluding carboxylic acids is 1. The molecule has 0 aliphatic heterocycles. The van der Waals surface area contributed by atoms with Crippen molar-refractivity contribution in [2.45, 2.75) is 24.9 Å². The van der Waals surface area contributed by atoms with Gasteiger partial charge >= 0.3 is 12.1 Å². The molecule has 0 saturated carbocycles. The molecule has 1 N–H and O–H groups in total. The van der Waals surface area contributed by atoms with Crippen LogP contribution in [0.15, 0.2) is 42.5 Å². The molecule has 2 heterocycles. The van der Waals surface area contributed by atoms with E-state index >= 15 is 0 Å². The van der Waals surface area contributed by atoms with Gasteiger partial charge in [0.25, 0.3) is 0 Å². The number of carbonyl (C=O) groups is 1. The number of benzene rings is 1. The quantitative estimate of drug-likeness (QED) is 0.622. The molecule has 0 saturated heterocycles. The second-order valence-corrected chi connectivity index (χ2v) is 6.07. The number of nitrogens with one attached hydrogen (secondary N) is 1. The molecule has 3 aromatic rings. The van der Waals surface area contributed by atoms with Crippen molar-refractivity contribution in [2.75, 3.05) is 19.0 Å². The van der Waals surface area contributed by atoms with Crippen molar-refractivity contribution in [3.05, 3.63) is 53.9 Å². The Kier molecular flexibility index (Phi) is 5.76. The summed E-state index contributed by atoms with van der Waals surface area (Å²) in [6, 6.07) is 10.8. The van der Waals surface area contributed by atoms with Gasteiger partial charge in [-0.1, -0.05) is 30.3 Å². The molecule has 0 fully saturated rings. The maximum Gasteiger partial charge on any atom is 0.397 e. The molecule has 10 heteroatoms. The van der Waals surface area contributed by atoms with E-state index in [0.29, 0.717) is 11.5 Å². The SMILES string of the molecule is COC(=O)CCc1nnc2ccc(NCC(c3ccccc3)C(F)(F)F)nn12. The number of hydrogen-bond acceptors (Lipinski definition) is 6. The van der Waals surface area contributed by atoms with Crippen LogP contribution in [0.5, 0.6) is 0 Å². The first kappa shape index (κ1) is 19.6. The first-order valence-electron chi connectivity index (χ1n) is 8.52. The van der Waals surface area contributed by atoms with E-state index in [0.717, 1.165) is 0 Å². The Balaban J connectivity index is 1.77. The average Bonchev–Trinajstić information content (AvgIpc) is 3.08. The molecule has 3 rings (SSSR count). The summed E-state index contributed by atoms with van der Waals surface area (Å²) in [6.45, 7) is -0.369. The van der Waals surface area contributed by atoms with Crippen molar-refractivity contribution in [3.63, 3.8) is 0 Å². The molecule has 1 unspecified atom stereocenters. The number of ether oxygens (including phenoxy) is 1. The predicted molar refractivity (Wildman–Crippen MR) is 94.8 cm³/mol. The van der Waals surface area contributed by atoms with Gasteiger partial charge in [0.2, 0.25) is 0 Å². The summed E-state index contributed by atoms with van der Waals surface area (Å²) in [5.41, 5.74) is 0.604. The van der Waals surface area contributed by atoms with Crippen LogP contribution >= 0.6 is 0 Å². The van der Waals surface area contributed by atoms with E-state index in [1.54, 1.807) is 24.3 Å². The highest BCUT2D eigenvalue weighted by atomic mass is 19.4. The number of methoxy groups -OCH3 is 1. The van der Waals surface area contributed by atoms with Crippen LogP contribution in [-0.4, -0.2) is 45.6 Å². The number of fused-ring (bicyclic) bond motifs is 1. The second-order valence-electron chi connectivity index (χ2n) is 6.07. The summed E-state index contributed by atoms with van der Waals surface area (Å²) in [5, 5.41) is 14.9. The number of hydrogen-bond donors (Lipinski definition) is 1. The summed E-state index contributed by atoms with van der Waals surface area (Å²) in [5.74, 6) is -1.41. The van der Waals surface area contributed by atoms with Gasteiger partial charge in [0.15, 0.2) is 11.5 Å². The minimum atomic E-state index is -4.40. The average molecular weight is 393 g/mol. The molecule has 0 aliphatic rings. The number of aryl methyl sites for hydroxylation is 1. The van der Waals surface area contributed by atoms with Crippen molar-refractivity contribution >= 4 is 17.4 Å². The number of alkyl halides is 3. The Labute approximate surface area is 158 Å². The fraction of sp³-hybridized carbons (Fsp3) is 0.333. The van der Waals surface area contributed by atoms with Crippen LogP contribution in [0, 0.1) is 0 Å². The second kappa shape index (κ2) is 8.24. The van der Waals surface area contributed by atoms with E-state index in [9.17, 15) is 18.0 Å². The van der Waals surface area contributed by atoms with E-state index < -0.39 is 18.1 Å². The third-order valence-corrected chi connectivity index (χ3v) is 4.19. The van der Waals surface area contributed by atoms with E-state index in [1.165, 1.54) is 29.8 Å². The topological polar surface area (TPSA) is 81.4 Å². The number of rotatable bonds is 7. The third kappa shape index (κ3) is 4.56.